The molecule has 0 aliphatic rings. The number of pyridine rings is 1. The topological polar surface area (TPSA) is 89.3 Å². The number of nitrogens with one attached hydrogen (secondary N) is 1. The van der Waals surface area contributed by atoms with E-state index in [0.29, 0.717) is 48.4 Å². The second-order valence-corrected chi connectivity index (χ2v) is 8.30. The van der Waals surface area contributed by atoms with Gasteiger partial charge in [0, 0.05) is 32.9 Å². The van der Waals surface area contributed by atoms with Crippen LogP contribution in [0.25, 0.3) is 22.3 Å². The van der Waals surface area contributed by atoms with Crippen LogP contribution >= 0.6 is 0 Å². The molecule has 0 unspecified atom stereocenters. The van der Waals surface area contributed by atoms with Gasteiger partial charge >= 0.3 is 0 Å². The summed E-state index contributed by atoms with van der Waals surface area (Å²) >= 11 is 0. The Bertz CT molecular complexity index is 1290. The van der Waals surface area contributed by atoms with E-state index in [1.807, 2.05) is 60.7 Å². The van der Waals surface area contributed by atoms with Crippen molar-refractivity contribution >= 4 is 22.8 Å². The number of hydrogen-bond donors (Lipinski definition) is 1. The van der Waals surface area contributed by atoms with E-state index in [1.54, 1.807) is 31.1 Å². The third kappa shape index (κ3) is 5.91. The fourth-order valence-electron chi connectivity index (χ4n) is 3.85. The molecule has 0 spiro atoms. The molecule has 0 aliphatic carbocycles. The molecule has 0 aliphatic heterocycles. The second kappa shape index (κ2) is 11.4. The Kier molecular flexibility index (Phi) is 7.84. The van der Waals surface area contributed by atoms with Crippen molar-refractivity contribution in [3.63, 3.8) is 0 Å². The van der Waals surface area contributed by atoms with E-state index in [-0.39, 0.29) is 18.4 Å². The zero-order valence-corrected chi connectivity index (χ0v) is 20.0. The minimum Gasteiger partial charge on any atom is -0.385 e. The highest BCUT2D eigenvalue weighted by atomic mass is 16.5. The van der Waals surface area contributed by atoms with Gasteiger partial charge in [-0.05, 0) is 18.1 Å². The zero-order chi connectivity index (χ0) is 24.6. The molecule has 2 aromatic carbocycles. The molecule has 180 valence electrons. The van der Waals surface area contributed by atoms with Crippen LogP contribution < -0.4 is 5.32 Å². The molecular weight excluding hydrogens is 442 g/mol. The molecule has 0 fully saturated rings. The van der Waals surface area contributed by atoms with Crippen LogP contribution in [-0.2, 0) is 16.1 Å². The molecule has 2 amide bonds. The fraction of sp³-hybridized carbons (Fsp3) is 0.259. The number of carbonyl (C=O) groups is 2. The van der Waals surface area contributed by atoms with E-state index in [1.165, 1.54) is 4.90 Å². The summed E-state index contributed by atoms with van der Waals surface area (Å²) in [6.45, 7) is 1.55. The molecule has 0 saturated heterocycles. The first-order chi connectivity index (χ1) is 17.1. The van der Waals surface area contributed by atoms with E-state index < -0.39 is 0 Å². The number of amides is 2. The maximum atomic E-state index is 13.5. The second-order valence-electron chi connectivity index (χ2n) is 8.30. The first-order valence-corrected chi connectivity index (χ1v) is 11.5. The number of hydrogen-bond acceptors (Lipinski definition) is 5. The summed E-state index contributed by atoms with van der Waals surface area (Å²) in [6.07, 6.45) is 2.39. The van der Waals surface area contributed by atoms with Crippen LogP contribution in [0.5, 0.6) is 0 Å². The average Bonchev–Trinajstić information content (AvgIpc) is 3.29. The number of rotatable bonds is 10. The van der Waals surface area contributed by atoms with Gasteiger partial charge in [-0.1, -0.05) is 60.7 Å². The lowest BCUT2D eigenvalue weighted by atomic mass is 10.1. The Morgan fingerprint density at radius 3 is 2.49 bits per heavy atom. The SMILES string of the molecule is COCCCNC(=O)CN(C)C(=O)c1cc(-c2ccccc2)nc2c1cnn2Cc1ccccc1. The average molecular weight is 472 g/mol. The monoisotopic (exact) mass is 471 g/mol. The summed E-state index contributed by atoms with van der Waals surface area (Å²) < 4.78 is 6.80. The summed E-state index contributed by atoms with van der Waals surface area (Å²) in [5.41, 5.74) is 3.74. The molecule has 4 aromatic rings. The lowest BCUT2D eigenvalue weighted by Crippen LogP contribution is -2.39. The number of carbonyl (C=O) groups excluding carboxylic acids is 2. The Hall–Kier alpha value is -4.04. The third-order valence-corrected chi connectivity index (χ3v) is 5.66. The van der Waals surface area contributed by atoms with Crippen LogP contribution in [0.4, 0.5) is 0 Å². The molecule has 0 radical (unpaired) electrons. The van der Waals surface area contributed by atoms with E-state index in [2.05, 4.69) is 10.4 Å². The number of likely N-dealkylation sites (N-methyl/N-ethyl adjacent to an activating group) is 1. The minimum absolute atomic E-state index is 0.0472. The Morgan fingerprint density at radius 1 is 1.06 bits per heavy atom. The van der Waals surface area contributed by atoms with Crippen molar-refractivity contribution in [1.29, 1.82) is 0 Å². The predicted molar refractivity (Wildman–Crippen MR) is 135 cm³/mol. The van der Waals surface area contributed by atoms with Gasteiger partial charge in [-0.3, -0.25) is 9.59 Å². The van der Waals surface area contributed by atoms with Crippen LogP contribution in [0.1, 0.15) is 22.3 Å². The van der Waals surface area contributed by atoms with E-state index in [4.69, 9.17) is 9.72 Å². The lowest BCUT2D eigenvalue weighted by Gasteiger charge is -2.18. The van der Waals surface area contributed by atoms with Crippen LogP contribution in [0.2, 0.25) is 0 Å². The smallest absolute Gasteiger partial charge is 0.254 e. The maximum Gasteiger partial charge on any atom is 0.254 e. The summed E-state index contributed by atoms with van der Waals surface area (Å²) in [7, 11) is 3.25. The first kappa shape index (κ1) is 24.1. The van der Waals surface area contributed by atoms with E-state index >= 15 is 0 Å². The Morgan fingerprint density at radius 2 is 1.77 bits per heavy atom. The molecular formula is C27H29N5O3. The van der Waals surface area contributed by atoms with Gasteiger partial charge in [0.25, 0.3) is 5.91 Å². The maximum absolute atomic E-state index is 13.5. The normalized spacial score (nSPS) is 10.9. The molecule has 0 saturated carbocycles. The quantitative estimate of drug-likeness (QED) is 0.358. The number of methoxy groups -OCH3 is 1. The molecule has 1 N–H and O–H groups in total. The van der Waals surface area contributed by atoms with Crippen molar-refractivity contribution in [2.75, 3.05) is 33.9 Å². The largest absolute Gasteiger partial charge is 0.385 e. The standard InChI is InChI=1S/C27H29N5O3/c1-31(19-25(33)28-14-9-15-35-2)27(34)22-16-24(21-12-7-4-8-13-21)30-26-23(22)17-29-32(26)18-20-10-5-3-6-11-20/h3-8,10-13,16-17H,9,14-15,18-19H2,1-2H3,(H,28,33). The molecule has 0 atom stereocenters. The fourth-order valence-corrected chi connectivity index (χ4v) is 3.85. The van der Waals surface area contributed by atoms with Gasteiger partial charge in [-0.2, -0.15) is 5.10 Å². The van der Waals surface area contributed by atoms with Crippen LogP contribution in [0.15, 0.2) is 72.9 Å². The molecule has 0 bridgehead atoms. The van der Waals surface area contributed by atoms with Gasteiger partial charge in [0.1, 0.15) is 0 Å². The van der Waals surface area contributed by atoms with Gasteiger partial charge in [0.15, 0.2) is 5.65 Å². The number of ether oxygens (including phenoxy) is 1. The van der Waals surface area contributed by atoms with Gasteiger partial charge in [0.05, 0.1) is 35.9 Å². The van der Waals surface area contributed by atoms with Crippen molar-refractivity contribution in [2.45, 2.75) is 13.0 Å². The number of benzene rings is 2. The van der Waals surface area contributed by atoms with Crippen molar-refractivity contribution < 1.29 is 14.3 Å². The highest BCUT2D eigenvalue weighted by Gasteiger charge is 2.21. The van der Waals surface area contributed by atoms with E-state index in [9.17, 15) is 9.59 Å². The molecule has 2 aromatic heterocycles. The van der Waals surface area contributed by atoms with Crippen LogP contribution in [-0.4, -0.2) is 65.3 Å². The van der Waals surface area contributed by atoms with Gasteiger partial charge in [0.2, 0.25) is 5.91 Å². The summed E-state index contributed by atoms with van der Waals surface area (Å²) in [4.78, 5) is 32.1. The number of aromatic nitrogens is 3. The zero-order valence-electron chi connectivity index (χ0n) is 20.0. The predicted octanol–water partition coefficient (Wildman–Crippen LogP) is 3.37. The summed E-state index contributed by atoms with van der Waals surface area (Å²) in [6, 6.07) is 21.5. The van der Waals surface area contributed by atoms with Crippen LogP contribution in [0, 0.1) is 0 Å². The Labute approximate surface area is 204 Å². The van der Waals surface area contributed by atoms with Gasteiger partial charge in [-0.15, -0.1) is 0 Å². The van der Waals surface area contributed by atoms with E-state index in [0.717, 1.165) is 11.1 Å². The van der Waals surface area contributed by atoms with Crippen molar-refractivity contribution in [3.8, 4) is 11.3 Å². The van der Waals surface area contributed by atoms with Crippen molar-refractivity contribution in [3.05, 3.63) is 84.1 Å². The molecule has 4 rings (SSSR count). The van der Waals surface area contributed by atoms with Crippen molar-refractivity contribution in [2.24, 2.45) is 0 Å². The molecule has 35 heavy (non-hydrogen) atoms. The lowest BCUT2D eigenvalue weighted by molar-refractivity contribution is -0.121. The summed E-state index contributed by atoms with van der Waals surface area (Å²) in [5.74, 6) is -0.480. The molecule has 2 heterocycles. The third-order valence-electron chi connectivity index (χ3n) is 5.66. The van der Waals surface area contributed by atoms with Gasteiger partial charge < -0.3 is 15.0 Å². The Balaban J connectivity index is 1.65. The number of fused-ring (bicyclic) bond motifs is 1. The van der Waals surface area contributed by atoms with Crippen LogP contribution in [0.3, 0.4) is 0 Å². The van der Waals surface area contributed by atoms with Gasteiger partial charge in [-0.25, -0.2) is 9.67 Å². The van der Waals surface area contributed by atoms with Crippen molar-refractivity contribution in [1.82, 2.24) is 25.0 Å². The summed E-state index contributed by atoms with van der Waals surface area (Å²) in [5, 5.41) is 8.01. The molecule has 8 heteroatoms. The highest BCUT2D eigenvalue weighted by molar-refractivity contribution is 6.07. The first-order valence-electron chi connectivity index (χ1n) is 11.5. The molecule has 8 nitrogen and oxygen atoms in total. The highest BCUT2D eigenvalue weighted by Crippen LogP contribution is 2.26. The number of nitrogens with zero attached hydrogens (tertiary/aromatic N) is 4. The minimum atomic E-state index is -0.263.